The molecule has 3 nitrogen and oxygen atoms in total. The van der Waals surface area contributed by atoms with Gasteiger partial charge in [-0.2, -0.15) is 0 Å². The summed E-state index contributed by atoms with van der Waals surface area (Å²) >= 11 is 19.8. The van der Waals surface area contributed by atoms with E-state index in [4.69, 9.17) is 39.2 Å². The lowest BCUT2D eigenvalue weighted by molar-refractivity contribution is 0.528. The zero-order chi connectivity index (χ0) is 15.5. The zero-order valence-corrected chi connectivity index (χ0v) is 14.2. The van der Waals surface area contributed by atoms with Crippen LogP contribution in [0.5, 0.6) is 0 Å². The van der Waals surface area contributed by atoms with E-state index in [2.05, 4.69) is 10.2 Å². The Hall–Kier alpha value is -1.20. The fourth-order valence-electron chi connectivity index (χ4n) is 1.81. The lowest BCUT2D eigenvalue weighted by atomic mass is 10.2. The molecular weight excluding hydrogens is 363 g/mol. The Labute approximate surface area is 146 Å². The Morgan fingerprint density at radius 3 is 2.27 bits per heavy atom. The van der Waals surface area contributed by atoms with Gasteiger partial charge in [0.1, 0.15) is 0 Å². The molecule has 0 aliphatic carbocycles. The third-order valence-electron chi connectivity index (χ3n) is 2.83. The zero-order valence-electron chi connectivity index (χ0n) is 11.1. The van der Waals surface area contributed by atoms with Gasteiger partial charge in [0.25, 0.3) is 0 Å². The molecule has 112 valence electrons. The molecule has 2 aromatic carbocycles. The second-order valence-electron chi connectivity index (χ2n) is 4.32. The van der Waals surface area contributed by atoms with Crippen LogP contribution in [-0.2, 0) is 5.75 Å². The van der Waals surface area contributed by atoms with Crippen LogP contribution in [0.4, 0.5) is 0 Å². The molecule has 7 heteroatoms. The Kier molecular flexibility index (Phi) is 4.93. The standard InChI is InChI=1S/C15H9Cl3N2OS/c16-10-5-2-1-4-9(10)15-20-19-13(21-15)8-22-14-11(17)6-3-7-12(14)18/h1-7H,8H2. The van der Waals surface area contributed by atoms with Gasteiger partial charge in [-0.15, -0.1) is 22.0 Å². The van der Waals surface area contributed by atoms with E-state index in [1.807, 2.05) is 18.2 Å². The van der Waals surface area contributed by atoms with Crippen molar-refractivity contribution in [2.24, 2.45) is 0 Å². The quantitative estimate of drug-likeness (QED) is 0.528. The molecule has 0 aliphatic heterocycles. The van der Waals surface area contributed by atoms with Gasteiger partial charge in [-0.3, -0.25) is 0 Å². The van der Waals surface area contributed by atoms with Gasteiger partial charge >= 0.3 is 0 Å². The topological polar surface area (TPSA) is 38.9 Å². The molecule has 0 saturated heterocycles. The maximum absolute atomic E-state index is 6.13. The minimum absolute atomic E-state index is 0.395. The van der Waals surface area contributed by atoms with Crippen LogP contribution in [0.2, 0.25) is 15.1 Å². The van der Waals surface area contributed by atoms with Gasteiger partial charge in [0.15, 0.2) is 0 Å². The van der Waals surface area contributed by atoms with Crippen LogP contribution in [-0.4, -0.2) is 10.2 Å². The summed E-state index contributed by atoms with van der Waals surface area (Å²) in [6.45, 7) is 0. The van der Waals surface area contributed by atoms with Crippen molar-refractivity contribution in [2.45, 2.75) is 10.6 Å². The fourth-order valence-corrected chi connectivity index (χ4v) is 3.55. The summed E-state index contributed by atoms with van der Waals surface area (Å²) < 4.78 is 5.64. The highest BCUT2D eigenvalue weighted by Crippen LogP contribution is 2.36. The molecule has 0 amide bonds. The van der Waals surface area contributed by atoms with Crippen LogP contribution >= 0.6 is 46.6 Å². The minimum Gasteiger partial charge on any atom is -0.420 e. The largest absolute Gasteiger partial charge is 0.420 e. The number of hydrogen-bond donors (Lipinski definition) is 0. The van der Waals surface area contributed by atoms with E-state index in [-0.39, 0.29) is 0 Å². The van der Waals surface area contributed by atoms with E-state index in [1.54, 1.807) is 24.3 Å². The normalized spacial score (nSPS) is 10.9. The summed E-state index contributed by atoms with van der Waals surface area (Å²) in [5.41, 5.74) is 0.712. The average molecular weight is 372 g/mol. The molecule has 0 fully saturated rings. The third-order valence-corrected chi connectivity index (χ3v) is 5.13. The molecule has 0 saturated carbocycles. The molecule has 0 atom stereocenters. The highest BCUT2D eigenvalue weighted by Gasteiger charge is 2.13. The van der Waals surface area contributed by atoms with E-state index in [9.17, 15) is 0 Å². The van der Waals surface area contributed by atoms with E-state index >= 15 is 0 Å². The van der Waals surface area contributed by atoms with Crippen LogP contribution in [0.1, 0.15) is 5.89 Å². The first-order chi connectivity index (χ1) is 10.6. The number of benzene rings is 2. The lowest BCUT2D eigenvalue weighted by Crippen LogP contribution is -1.82. The van der Waals surface area contributed by atoms with Crippen molar-refractivity contribution in [1.82, 2.24) is 10.2 Å². The van der Waals surface area contributed by atoms with Crippen molar-refractivity contribution in [2.75, 3.05) is 0 Å². The van der Waals surface area contributed by atoms with Crippen molar-refractivity contribution in [3.8, 4) is 11.5 Å². The molecule has 0 bridgehead atoms. The van der Waals surface area contributed by atoms with Gasteiger partial charge in [-0.05, 0) is 24.3 Å². The smallest absolute Gasteiger partial charge is 0.249 e. The molecule has 3 aromatic rings. The monoisotopic (exact) mass is 370 g/mol. The van der Waals surface area contributed by atoms with Gasteiger partial charge in [-0.25, -0.2) is 0 Å². The Morgan fingerprint density at radius 2 is 1.55 bits per heavy atom. The molecule has 0 N–H and O–H groups in total. The SMILES string of the molecule is Clc1ccccc1-c1nnc(CSc2c(Cl)cccc2Cl)o1. The van der Waals surface area contributed by atoms with E-state index < -0.39 is 0 Å². The summed E-state index contributed by atoms with van der Waals surface area (Å²) in [4.78, 5) is 0.795. The van der Waals surface area contributed by atoms with Crippen molar-refractivity contribution in [3.63, 3.8) is 0 Å². The van der Waals surface area contributed by atoms with E-state index in [1.165, 1.54) is 11.8 Å². The number of hydrogen-bond acceptors (Lipinski definition) is 4. The first-order valence-corrected chi connectivity index (χ1v) is 8.41. The summed E-state index contributed by atoms with van der Waals surface area (Å²) in [6, 6.07) is 12.7. The van der Waals surface area contributed by atoms with Gasteiger partial charge in [-0.1, -0.05) is 53.0 Å². The van der Waals surface area contributed by atoms with Crippen LogP contribution in [0.15, 0.2) is 51.8 Å². The van der Waals surface area contributed by atoms with Crippen molar-refractivity contribution in [3.05, 3.63) is 63.4 Å². The Morgan fingerprint density at radius 1 is 0.864 bits per heavy atom. The molecule has 0 aliphatic rings. The molecule has 22 heavy (non-hydrogen) atoms. The molecule has 1 aromatic heterocycles. The number of halogens is 3. The van der Waals surface area contributed by atoms with Crippen LogP contribution in [0, 0.1) is 0 Å². The lowest BCUT2D eigenvalue weighted by Gasteiger charge is -2.04. The van der Waals surface area contributed by atoms with Crippen LogP contribution in [0.25, 0.3) is 11.5 Å². The molecular formula is C15H9Cl3N2OS. The number of nitrogens with zero attached hydrogens (tertiary/aromatic N) is 2. The number of rotatable bonds is 4. The van der Waals surface area contributed by atoms with Gasteiger partial charge in [0.05, 0.1) is 26.4 Å². The van der Waals surface area contributed by atoms with Gasteiger partial charge in [0, 0.05) is 4.90 Å². The maximum atomic E-state index is 6.13. The highest BCUT2D eigenvalue weighted by molar-refractivity contribution is 7.98. The van der Waals surface area contributed by atoms with E-state index in [0.29, 0.717) is 38.2 Å². The second-order valence-corrected chi connectivity index (χ2v) is 6.53. The third kappa shape index (κ3) is 3.41. The summed E-state index contributed by atoms with van der Waals surface area (Å²) in [7, 11) is 0. The van der Waals surface area contributed by atoms with Gasteiger partial charge < -0.3 is 4.42 Å². The molecule has 0 radical (unpaired) electrons. The molecule has 0 spiro atoms. The summed E-state index contributed by atoms with van der Waals surface area (Å²) in [5, 5.41) is 9.82. The predicted molar refractivity (Wildman–Crippen MR) is 90.8 cm³/mol. The number of aromatic nitrogens is 2. The molecule has 0 unspecified atom stereocenters. The van der Waals surface area contributed by atoms with Crippen molar-refractivity contribution < 1.29 is 4.42 Å². The van der Waals surface area contributed by atoms with Crippen molar-refractivity contribution in [1.29, 1.82) is 0 Å². The molecule has 1 heterocycles. The predicted octanol–water partition coefficient (Wildman–Crippen LogP) is 5.99. The van der Waals surface area contributed by atoms with Crippen LogP contribution in [0.3, 0.4) is 0 Å². The first kappa shape index (κ1) is 15.7. The summed E-state index contributed by atoms with van der Waals surface area (Å²) in [6.07, 6.45) is 0. The van der Waals surface area contributed by atoms with E-state index in [0.717, 1.165) is 4.90 Å². The fraction of sp³-hybridized carbons (Fsp3) is 0.0667. The number of thioether (sulfide) groups is 1. The highest BCUT2D eigenvalue weighted by atomic mass is 35.5. The Bertz CT molecular complexity index is 787. The van der Waals surface area contributed by atoms with Gasteiger partial charge in [0.2, 0.25) is 11.8 Å². The average Bonchev–Trinajstić information content (AvgIpc) is 2.96. The minimum atomic E-state index is 0.395. The summed E-state index contributed by atoms with van der Waals surface area (Å²) in [5.74, 6) is 1.35. The first-order valence-electron chi connectivity index (χ1n) is 6.29. The van der Waals surface area contributed by atoms with Crippen molar-refractivity contribution >= 4 is 46.6 Å². The molecule has 3 rings (SSSR count). The maximum Gasteiger partial charge on any atom is 0.249 e. The second kappa shape index (κ2) is 6.92. The Balaban J connectivity index is 1.77. The van der Waals surface area contributed by atoms with Crippen LogP contribution < -0.4 is 0 Å².